The number of benzene rings is 5. The molecular formula is C51H49N2O8+. The third-order valence-corrected chi connectivity index (χ3v) is 12.4. The molecule has 0 unspecified atom stereocenters. The highest BCUT2D eigenvalue weighted by Gasteiger charge is 2.48. The molecule has 8 rings (SSSR count). The summed E-state index contributed by atoms with van der Waals surface area (Å²) in [6.07, 6.45) is 4.84. The molecule has 0 atom stereocenters. The number of allylic oxidation sites excluding steroid dienone is 5. The second kappa shape index (κ2) is 15.7. The molecule has 0 aromatic heterocycles. The number of carboxylic acid groups (broad SMARTS) is 1. The van der Waals surface area contributed by atoms with E-state index in [0.717, 1.165) is 62.4 Å². The largest absolute Gasteiger partial charge is 0.506 e. The number of aliphatic hydroxyl groups excluding tert-OH is 1. The zero-order valence-electron chi connectivity index (χ0n) is 35.3. The van der Waals surface area contributed by atoms with Crippen LogP contribution in [0.5, 0.6) is 0 Å². The van der Waals surface area contributed by atoms with Crippen LogP contribution in [0.1, 0.15) is 89.7 Å². The fourth-order valence-corrected chi connectivity index (χ4v) is 9.45. The second-order valence-electron chi connectivity index (χ2n) is 16.9. The second-order valence-corrected chi connectivity index (χ2v) is 16.9. The molecule has 2 aliphatic heterocycles. The monoisotopic (exact) mass is 817 g/mol. The number of fused-ring (bicyclic) bond motifs is 6. The van der Waals surface area contributed by atoms with Gasteiger partial charge in [-0.05, 0) is 90.7 Å². The van der Waals surface area contributed by atoms with E-state index in [0.29, 0.717) is 26.1 Å². The molecule has 2 N–H and O–H groups in total. The van der Waals surface area contributed by atoms with Gasteiger partial charge in [0.05, 0.1) is 34.3 Å². The maximum Gasteiger partial charge on any atom is 0.338 e. The normalized spacial score (nSPS) is 17.7. The number of nitrogens with zero attached hydrogens (tertiary/aromatic N) is 2. The first-order valence-corrected chi connectivity index (χ1v) is 20.6. The lowest BCUT2D eigenvalue weighted by Crippen LogP contribution is -2.32. The molecule has 0 radical (unpaired) electrons. The Bertz CT molecular complexity index is 2840. The topological polar surface area (TPSA) is 133 Å². The minimum absolute atomic E-state index is 0.0141. The Morgan fingerprint density at radius 2 is 1.46 bits per heavy atom. The zero-order chi connectivity index (χ0) is 43.4. The van der Waals surface area contributed by atoms with Crippen molar-refractivity contribution in [3.63, 3.8) is 0 Å². The van der Waals surface area contributed by atoms with Gasteiger partial charge in [0.1, 0.15) is 5.76 Å². The Kier molecular flexibility index (Phi) is 10.6. The summed E-state index contributed by atoms with van der Waals surface area (Å²) in [6, 6.07) is 28.8. The summed E-state index contributed by atoms with van der Waals surface area (Å²) in [5.41, 5.74) is 5.28. The minimum Gasteiger partial charge on any atom is -0.506 e. The summed E-state index contributed by atoms with van der Waals surface area (Å²) in [5.74, 6) is -2.73. The standard InChI is InChI=1S/C51H48N2O8/c1-30(54)34-20-17-33(27-37(34)48(57)58)49(59)61-26-12-24-53-41-22-19-32-14-8-10-16-36(32)45(41)51(4,5)43(53)29-39-46(55)38(47(39)56)28-42-50(2,3)44-35-15-9-7-13-31(35)18-21-40(44)52(42)23-11-25-60-6/h7-10,13-22,27-29H,11-12,23-26H2,1-6H3,(H-,55,56,57,58)/p+1. The number of rotatable bonds is 13. The highest BCUT2D eigenvalue weighted by atomic mass is 16.5. The summed E-state index contributed by atoms with van der Waals surface area (Å²) in [6.45, 7) is 11.5. The number of aromatic carboxylic acids is 1. The van der Waals surface area contributed by atoms with Crippen LogP contribution in [0.3, 0.4) is 0 Å². The lowest BCUT2D eigenvalue weighted by atomic mass is 9.76. The summed E-state index contributed by atoms with van der Waals surface area (Å²) in [5, 5.41) is 25.9. The predicted molar refractivity (Wildman–Crippen MR) is 237 cm³/mol. The van der Waals surface area contributed by atoms with E-state index in [9.17, 15) is 29.4 Å². The van der Waals surface area contributed by atoms with Gasteiger partial charge in [-0.1, -0.05) is 68.4 Å². The van der Waals surface area contributed by atoms with Crippen LogP contribution in [-0.4, -0.2) is 77.4 Å². The fourth-order valence-electron chi connectivity index (χ4n) is 9.45. The number of aliphatic hydroxyl groups is 1. The quantitative estimate of drug-likeness (QED) is 0.0392. The number of ether oxygens (including phenoxy) is 2. The molecule has 0 bridgehead atoms. The van der Waals surface area contributed by atoms with Crippen molar-refractivity contribution in [1.29, 1.82) is 0 Å². The summed E-state index contributed by atoms with van der Waals surface area (Å²) < 4.78 is 13.2. The molecule has 310 valence electrons. The van der Waals surface area contributed by atoms with E-state index < -0.39 is 28.6 Å². The number of methoxy groups -OCH3 is 1. The fraction of sp³-hybridized carbons (Fsp3) is 0.275. The molecule has 0 fully saturated rings. The molecule has 0 saturated carbocycles. The lowest BCUT2D eigenvalue weighted by Gasteiger charge is -2.29. The van der Waals surface area contributed by atoms with E-state index in [1.54, 1.807) is 7.11 Å². The molecule has 5 aromatic carbocycles. The number of carbonyl (C=O) groups excluding carboxylic acids is 3. The minimum atomic E-state index is -1.31. The third-order valence-electron chi connectivity index (χ3n) is 12.4. The lowest BCUT2D eigenvalue weighted by molar-refractivity contribution is -0.438. The van der Waals surface area contributed by atoms with Gasteiger partial charge in [-0.25, -0.2) is 9.59 Å². The summed E-state index contributed by atoms with van der Waals surface area (Å²) in [4.78, 5) is 53.4. The average molecular weight is 818 g/mol. The Morgan fingerprint density at radius 1 is 0.787 bits per heavy atom. The zero-order valence-corrected chi connectivity index (χ0v) is 35.3. The van der Waals surface area contributed by atoms with Gasteiger partial charge in [0, 0.05) is 66.8 Å². The molecule has 0 amide bonds. The molecule has 10 heteroatoms. The van der Waals surface area contributed by atoms with Crippen molar-refractivity contribution in [2.24, 2.45) is 0 Å². The van der Waals surface area contributed by atoms with Crippen molar-refractivity contribution in [2.75, 3.05) is 38.3 Å². The molecule has 2 heterocycles. The number of hydrogen-bond acceptors (Lipinski definition) is 8. The molecule has 5 aromatic rings. The van der Waals surface area contributed by atoms with Crippen LogP contribution in [-0.2, 0) is 25.1 Å². The van der Waals surface area contributed by atoms with Crippen LogP contribution in [0.2, 0.25) is 0 Å². The number of ketones is 2. The maximum atomic E-state index is 14.3. The van der Waals surface area contributed by atoms with Gasteiger partial charge in [-0.15, -0.1) is 0 Å². The molecular weight excluding hydrogens is 769 g/mol. The third kappa shape index (κ3) is 6.94. The van der Waals surface area contributed by atoms with Gasteiger partial charge in [0.25, 0.3) is 0 Å². The molecule has 0 saturated heterocycles. The molecule has 61 heavy (non-hydrogen) atoms. The highest BCUT2D eigenvalue weighted by molar-refractivity contribution is 6.24. The van der Waals surface area contributed by atoms with Crippen molar-refractivity contribution in [3.05, 3.63) is 154 Å². The van der Waals surface area contributed by atoms with Crippen molar-refractivity contribution in [2.45, 2.75) is 58.3 Å². The number of anilines is 1. The van der Waals surface area contributed by atoms with Crippen molar-refractivity contribution >= 4 is 62.1 Å². The van der Waals surface area contributed by atoms with Gasteiger partial charge in [0.2, 0.25) is 11.5 Å². The van der Waals surface area contributed by atoms with E-state index in [4.69, 9.17) is 9.47 Å². The first-order valence-electron chi connectivity index (χ1n) is 20.6. The Morgan fingerprint density at radius 3 is 2.11 bits per heavy atom. The number of carboxylic acids is 1. The van der Waals surface area contributed by atoms with Crippen LogP contribution in [0.4, 0.5) is 11.4 Å². The Labute approximate surface area is 354 Å². The van der Waals surface area contributed by atoms with Crippen LogP contribution < -0.4 is 4.90 Å². The van der Waals surface area contributed by atoms with Crippen molar-refractivity contribution in [3.8, 4) is 0 Å². The van der Waals surface area contributed by atoms with E-state index in [-0.39, 0.29) is 46.0 Å². The van der Waals surface area contributed by atoms with Gasteiger partial charge >= 0.3 is 11.9 Å². The van der Waals surface area contributed by atoms with Crippen LogP contribution in [0.15, 0.2) is 126 Å². The van der Waals surface area contributed by atoms with E-state index in [2.05, 4.69) is 85.7 Å². The van der Waals surface area contributed by atoms with Gasteiger partial charge in [-0.2, -0.15) is 4.58 Å². The summed E-state index contributed by atoms with van der Waals surface area (Å²) >= 11 is 0. The van der Waals surface area contributed by atoms with E-state index in [1.165, 1.54) is 24.6 Å². The Balaban J connectivity index is 1.13. The van der Waals surface area contributed by atoms with Gasteiger partial charge in [-0.3, -0.25) is 9.59 Å². The van der Waals surface area contributed by atoms with Crippen LogP contribution in [0, 0.1) is 0 Å². The van der Waals surface area contributed by atoms with Crippen LogP contribution in [0.25, 0.3) is 21.5 Å². The summed E-state index contributed by atoms with van der Waals surface area (Å²) in [7, 11) is 1.69. The molecule has 1 aliphatic carbocycles. The smallest absolute Gasteiger partial charge is 0.338 e. The van der Waals surface area contributed by atoms with Crippen molar-refractivity contribution in [1.82, 2.24) is 0 Å². The number of hydrogen-bond donors (Lipinski definition) is 2. The molecule has 3 aliphatic rings. The number of Topliss-reactive ketones (excluding diaryl/α,β-unsaturated/α-hetero) is 2. The SMILES string of the molecule is COCCCN1C(=CC2=C(O)C(=CC3=[N+](CCCOC(=O)c4ccc(C(C)=O)c(C(=O)O)c4)c4ccc5ccccc5c4C3(C)C)C2=O)C(C)(C)c2c1ccc1ccccc21. The highest BCUT2D eigenvalue weighted by Crippen LogP contribution is 2.52. The van der Waals surface area contributed by atoms with Crippen LogP contribution >= 0.6 is 0 Å². The first kappa shape index (κ1) is 41.1. The Hall–Kier alpha value is -6.65. The number of esters is 1. The van der Waals surface area contributed by atoms with Crippen molar-refractivity contribution < 1.29 is 43.4 Å². The first-order chi connectivity index (χ1) is 29.2. The van der Waals surface area contributed by atoms with Gasteiger partial charge < -0.3 is 24.6 Å². The maximum absolute atomic E-state index is 14.3. The predicted octanol–water partition coefficient (Wildman–Crippen LogP) is 9.56. The van der Waals surface area contributed by atoms with Gasteiger partial charge in [0.15, 0.2) is 18.0 Å². The van der Waals surface area contributed by atoms with E-state index >= 15 is 0 Å². The molecule has 0 spiro atoms. The molecule has 10 nitrogen and oxygen atoms in total. The average Bonchev–Trinajstić information content (AvgIpc) is 3.60. The van der Waals surface area contributed by atoms with E-state index in [1.807, 2.05) is 36.4 Å². The number of carbonyl (C=O) groups is 4.